The van der Waals surface area contributed by atoms with E-state index in [1.807, 2.05) is 0 Å². The van der Waals surface area contributed by atoms with Gasteiger partial charge >= 0.3 is 0 Å². The second-order valence-electron chi connectivity index (χ2n) is 5.46. The van der Waals surface area contributed by atoms with Gasteiger partial charge in [-0.15, -0.1) is 0 Å². The van der Waals surface area contributed by atoms with Crippen molar-refractivity contribution in [2.45, 2.75) is 25.3 Å². The van der Waals surface area contributed by atoms with Crippen molar-refractivity contribution in [3.8, 4) is 0 Å². The molecule has 1 unspecified atom stereocenters. The Labute approximate surface area is 123 Å². The zero-order valence-corrected chi connectivity index (χ0v) is 12.6. The molecule has 1 aromatic heterocycles. The lowest BCUT2D eigenvalue weighted by Crippen LogP contribution is -2.55. The summed E-state index contributed by atoms with van der Waals surface area (Å²) in [6.45, 7) is 4.20. The fourth-order valence-corrected chi connectivity index (χ4v) is 4.03. The molecule has 1 aromatic rings. The van der Waals surface area contributed by atoms with Crippen LogP contribution in [0.2, 0.25) is 0 Å². The average Bonchev–Trinajstić information content (AvgIpc) is 2.87. The highest BCUT2D eigenvalue weighted by atomic mass is 32.1. The molecule has 3 heterocycles. The monoisotopic (exact) mass is 295 g/mol. The molecule has 2 saturated heterocycles. The van der Waals surface area contributed by atoms with Gasteiger partial charge in [0.05, 0.1) is 0 Å². The van der Waals surface area contributed by atoms with Crippen molar-refractivity contribution in [2.24, 2.45) is 0 Å². The predicted octanol–water partition coefficient (Wildman–Crippen LogP) is 0.759. The lowest BCUT2D eigenvalue weighted by Gasteiger charge is -2.44. The number of amides is 1. The van der Waals surface area contributed by atoms with Gasteiger partial charge in [0.25, 0.3) is 5.91 Å². The summed E-state index contributed by atoms with van der Waals surface area (Å²) in [5.41, 5.74) is 6.40. The van der Waals surface area contributed by atoms with E-state index in [4.69, 9.17) is 5.73 Å². The second-order valence-corrected chi connectivity index (χ2v) is 6.21. The Morgan fingerprint density at radius 1 is 1.40 bits per heavy atom. The fraction of sp³-hybridized carbons (Fsp3) is 0.692. The first-order valence-corrected chi connectivity index (χ1v) is 7.94. The smallest absolute Gasteiger partial charge is 0.257 e. The topological polar surface area (TPSA) is 74.5 Å². The average molecular weight is 295 g/mol. The molecule has 6 nitrogen and oxygen atoms in total. The summed E-state index contributed by atoms with van der Waals surface area (Å²) in [4.78, 5) is 16.8. The third-order valence-corrected chi connectivity index (χ3v) is 5.20. The van der Waals surface area contributed by atoms with Crippen molar-refractivity contribution in [2.75, 3.05) is 43.9 Å². The van der Waals surface area contributed by atoms with Gasteiger partial charge in [0.15, 0.2) is 5.82 Å². The molecule has 0 bridgehead atoms. The van der Waals surface area contributed by atoms with Crippen LogP contribution in [0, 0.1) is 0 Å². The van der Waals surface area contributed by atoms with Crippen LogP contribution in [-0.2, 0) is 0 Å². The summed E-state index contributed by atoms with van der Waals surface area (Å²) >= 11 is 1.34. The maximum Gasteiger partial charge on any atom is 0.257 e. The summed E-state index contributed by atoms with van der Waals surface area (Å²) in [5, 5.41) is 3.58. The van der Waals surface area contributed by atoms with E-state index >= 15 is 0 Å². The van der Waals surface area contributed by atoms with Crippen LogP contribution in [0.25, 0.3) is 0 Å². The van der Waals surface area contributed by atoms with Gasteiger partial charge in [-0.3, -0.25) is 9.69 Å². The van der Waals surface area contributed by atoms with Crippen LogP contribution in [0.5, 0.6) is 0 Å². The third kappa shape index (κ3) is 2.35. The molecule has 2 aliphatic heterocycles. The molecule has 2 aliphatic rings. The third-order valence-electron chi connectivity index (χ3n) is 4.28. The Kier molecular flexibility index (Phi) is 3.80. The van der Waals surface area contributed by atoms with E-state index in [0.717, 1.165) is 24.6 Å². The Balaban J connectivity index is 1.81. The number of nitrogens with two attached hydrogens (primary N) is 1. The van der Waals surface area contributed by atoms with Crippen molar-refractivity contribution >= 4 is 28.3 Å². The normalized spacial score (nSPS) is 23.4. The molecule has 0 aliphatic carbocycles. The largest absolute Gasteiger partial charge is 0.382 e. The Hall–Kier alpha value is -1.34. The van der Waals surface area contributed by atoms with Gasteiger partial charge in [0.2, 0.25) is 0 Å². The quantitative estimate of drug-likeness (QED) is 0.842. The van der Waals surface area contributed by atoms with Gasteiger partial charge in [-0.25, -0.2) is 0 Å². The molecule has 0 radical (unpaired) electrons. The van der Waals surface area contributed by atoms with Crippen molar-refractivity contribution in [3.63, 3.8) is 0 Å². The first-order chi connectivity index (χ1) is 9.70. The zero-order valence-electron chi connectivity index (χ0n) is 11.8. The van der Waals surface area contributed by atoms with Crippen LogP contribution in [0.15, 0.2) is 0 Å². The van der Waals surface area contributed by atoms with Crippen LogP contribution in [0.3, 0.4) is 0 Å². The van der Waals surface area contributed by atoms with Crippen LogP contribution < -0.4 is 16.0 Å². The van der Waals surface area contributed by atoms with E-state index in [1.54, 1.807) is 7.05 Å². The molecule has 7 heteroatoms. The number of aromatic nitrogens is 1. The molecule has 1 amide bonds. The van der Waals surface area contributed by atoms with Gasteiger partial charge in [0, 0.05) is 32.7 Å². The SMILES string of the molecule is CNC(=O)c1c(N)nsc1N1CCN2CCCCC2C1. The summed E-state index contributed by atoms with van der Waals surface area (Å²) in [6.07, 6.45) is 3.87. The number of hydrogen-bond acceptors (Lipinski definition) is 6. The number of fused-ring (bicyclic) bond motifs is 1. The van der Waals surface area contributed by atoms with Crippen molar-refractivity contribution in [1.29, 1.82) is 0 Å². The van der Waals surface area contributed by atoms with E-state index in [1.165, 1.54) is 37.3 Å². The lowest BCUT2D eigenvalue weighted by atomic mass is 9.99. The summed E-state index contributed by atoms with van der Waals surface area (Å²) in [7, 11) is 1.63. The molecule has 1 atom stereocenters. The molecule has 2 fully saturated rings. The van der Waals surface area contributed by atoms with Crippen LogP contribution in [-0.4, -0.2) is 54.4 Å². The van der Waals surface area contributed by atoms with Crippen LogP contribution in [0.1, 0.15) is 29.6 Å². The molecule has 20 heavy (non-hydrogen) atoms. The number of piperidine rings is 1. The number of rotatable bonds is 2. The highest BCUT2D eigenvalue weighted by molar-refractivity contribution is 7.11. The predicted molar refractivity (Wildman–Crippen MR) is 81.3 cm³/mol. The lowest BCUT2D eigenvalue weighted by molar-refractivity contribution is 0.0963. The zero-order chi connectivity index (χ0) is 14.1. The van der Waals surface area contributed by atoms with Gasteiger partial charge in [0.1, 0.15) is 10.6 Å². The molecule has 0 spiro atoms. The summed E-state index contributed by atoms with van der Waals surface area (Å²) in [5.74, 6) is 0.202. The number of piperazine rings is 1. The highest BCUT2D eigenvalue weighted by Gasteiger charge is 2.32. The number of nitrogens with zero attached hydrogens (tertiary/aromatic N) is 3. The Bertz CT molecular complexity index is 503. The van der Waals surface area contributed by atoms with Gasteiger partial charge < -0.3 is 16.0 Å². The molecule has 3 rings (SSSR count). The molecule has 0 aromatic carbocycles. The minimum absolute atomic E-state index is 0.141. The number of nitrogen functional groups attached to an aromatic ring is 1. The standard InChI is InChI=1S/C13H21N5OS/c1-15-12(19)10-11(14)16-20-13(10)18-7-6-17-5-3-2-4-9(17)8-18/h9H,2-8H2,1H3,(H2,14,16)(H,15,19). The molecule has 0 saturated carbocycles. The summed E-state index contributed by atoms with van der Waals surface area (Å²) in [6, 6.07) is 0.610. The minimum atomic E-state index is -0.141. The van der Waals surface area contributed by atoms with E-state index in [9.17, 15) is 4.79 Å². The number of carbonyl (C=O) groups excluding carboxylic acids is 1. The minimum Gasteiger partial charge on any atom is -0.382 e. The fourth-order valence-electron chi connectivity index (χ4n) is 3.19. The van der Waals surface area contributed by atoms with Gasteiger partial charge in [-0.05, 0) is 30.9 Å². The molecular formula is C13H21N5OS. The number of carbonyl (C=O) groups is 1. The van der Waals surface area contributed by atoms with Crippen LogP contribution in [0.4, 0.5) is 10.8 Å². The van der Waals surface area contributed by atoms with E-state index in [2.05, 4.69) is 19.5 Å². The maximum atomic E-state index is 12.0. The van der Waals surface area contributed by atoms with Gasteiger partial charge in [-0.1, -0.05) is 6.42 Å². The Morgan fingerprint density at radius 3 is 3.05 bits per heavy atom. The second kappa shape index (κ2) is 5.57. The molecular weight excluding hydrogens is 274 g/mol. The first kappa shape index (κ1) is 13.6. The number of nitrogens with one attached hydrogen (secondary N) is 1. The maximum absolute atomic E-state index is 12.0. The number of anilines is 2. The van der Waals surface area contributed by atoms with Crippen molar-refractivity contribution < 1.29 is 4.79 Å². The number of hydrogen-bond donors (Lipinski definition) is 2. The highest BCUT2D eigenvalue weighted by Crippen LogP contribution is 2.33. The summed E-state index contributed by atoms with van der Waals surface area (Å²) < 4.78 is 4.17. The first-order valence-electron chi connectivity index (χ1n) is 7.17. The van der Waals surface area contributed by atoms with Crippen molar-refractivity contribution in [3.05, 3.63) is 5.56 Å². The van der Waals surface area contributed by atoms with Crippen LogP contribution >= 0.6 is 11.5 Å². The van der Waals surface area contributed by atoms with E-state index in [-0.39, 0.29) is 5.91 Å². The molecule has 3 N–H and O–H groups in total. The van der Waals surface area contributed by atoms with Gasteiger partial charge in [-0.2, -0.15) is 4.37 Å². The van der Waals surface area contributed by atoms with Crippen molar-refractivity contribution in [1.82, 2.24) is 14.6 Å². The van der Waals surface area contributed by atoms with E-state index < -0.39 is 0 Å². The van der Waals surface area contributed by atoms with E-state index in [0.29, 0.717) is 17.4 Å². The molecule has 110 valence electrons. The Morgan fingerprint density at radius 2 is 2.25 bits per heavy atom.